The summed E-state index contributed by atoms with van der Waals surface area (Å²) in [6.45, 7) is 5.05. The van der Waals surface area contributed by atoms with Crippen LogP contribution in [-0.4, -0.2) is 72.6 Å². The van der Waals surface area contributed by atoms with Gasteiger partial charge in [0.2, 0.25) is 21.8 Å². The van der Waals surface area contributed by atoms with Crippen molar-refractivity contribution in [2.75, 3.05) is 13.1 Å². The zero-order valence-corrected chi connectivity index (χ0v) is 18.6. The molecular formula is C20H29N3O7S. The number of nitrogens with one attached hydrogen (secondary N) is 2. The molecular weight excluding hydrogens is 426 g/mol. The van der Waals surface area contributed by atoms with E-state index in [1.807, 2.05) is 6.92 Å². The van der Waals surface area contributed by atoms with Crippen molar-refractivity contribution >= 4 is 27.8 Å². The largest absolute Gasteiger partial charge is 0.480 e. The van der Waals surface area contributed by atoms with Crippen LogP contribution < -0.4 is 10.0 Å². The van der Waals surface area contributed by atoms with Crippen LogP contribution in [0.5, 0.6) is 0 Å². The normalized spacial score (nSPS) is 18.1. The first-order valence-corrected chi connectivity index (χ1v) is 11.5. The lowest BCUT2D eigenvalue weighted by atomic mass is 9.95. The molecule has 1 saturated heterocycles. The van der Waals surface area contributed by atoms with Crippen LogP contribution in [0.4, 0.5) is 0 Å². The number of carbonyl (C=O) groups excluding carboxylic acids is 2. The summed E-state index contributed by atoms with van der Waals surface area (Å²) < 4.78 is 27.4. The second-order valence-electron chi connectivity index (χ2n) is 7.82. The predicted octanol–water partition coefficient (Wildman–Crippen LogP) is -0.149. The molecule has 3 unspecified atom stereocenters. The fraction of sp³-hybridized carbons (Fsp3) is 0.550. The van der Waals surface area contributed by atoms with Crippen molar-refractivity contribution in [2.45, 2.75) is 56.7 Å². The van der Waals surface area contributed by atoms with Crippen LogP contribution in [0.25, 0.3) is 0 Å². The van der Waals surface area contributed by atoms with E-state index in [1.54, 1.807) is 12.1 Å². The van der Waals surface area contributed by atoms with Crippen molar-refractivity contribution < 1.29 is 33.0 Å². The van der Waals surface area contributed by atoms with Gasteiger partial charge in [-0.1, -0.05) is 17.7 Å². The number of amides is 2. The summed E-state index contributed by atoms with van der Waals surface area (Å²) in [6, 6.07) is 3.89. The first-order chi connectivity index (χ1) is 14.4. The van der Waals surface area contributed by atoms with Crippen LogP contribution in [0.3, 0.4) is 0 Å². The van der Waals surface area contributed by atoms with Gasteiger partial charge in [-0.05, 0) is 45.7 Å². The molecule has 2 rings (SSSR count). The van der Waals surface area contributed by atoms with Gasteiger partial charge in [-0.15, -0.1) is 0 Å². The summed E-state index contributed by atoms with van der Waals surface area (Å²) >= 11 is 0. The molecule has 1 fully saturated rings. The van der Waals surface area contributed by atoms with Gasteiger partial charge in [0.05, 0.1) is 17.0 Å². The second-order valence-corrected chi connectivity index (χ2v) is 9.53. The van der Waals surface area contributed by atoms with Crippen molar-refractivity contribution in [3.63, 3.8) is 0 Å². The number of carbonyl (C=O) groups is 3. The number of nitrogens with zero attached hydrogens (tertiary/aromatic N) is 1. The monoisotopic (exact) mass is 455 g/mol. The van der Waals surface area contributed by atoms with E-state index in [2.05, 4.69) is 10.0 Å². The number of hydrogen-bond donors (Lipinski definition) is 4. The number of benzene rings is 1. The van der Waals surface area contributed by atoms with E-state index in [-0.39, 0.29) is 18.0 Å². The molecule has 1 aliphatic rings. The van der Waals surface area contributed by atoms with Crippen LogP contribution in [0.1, 0.15) is 32.3 Å². The van der Waals surface area contributed by atoms with E-state index >= 15 is 0 Å². The highest BCUT2D eigenvalue weighted by molar-refractivity contribution is 7.89. The summed E-state index contributed by atoms with van der Waals surface area (Å²) in [5.74, 6) is -2.72. The third-order valence-electron chi connectivity index (χ3n) is 5.26. The Labute approximate surface area is 181 Å². The van der Waals surface area contributed by atoms with Crippen LogP contribution >= 0.6 is 0 Å². The molecule has 0 spiro atoms. The standard InChI is InChI=1S/C20H29N3O7S/c1-12-4-6-16(7-5-12)31(29,30)22-13(2)19(26)23-10-8-15(9-11-23)18(25)21-17(14(3)24)20(27)28/h4-7,13-15,17,22,24H,8-11H2,1-3H3,(H,21,25)(H,27,28). The Kier molecular flexibility index (Phi) is 8.15. The Hall–Kier alpha value is -2.50. The molecule has 0 aromatic heterocycles. The highest BCUT2D eigenvalue weighted by Crippen LogP contribution is 2.19. The fourth-order valence-corrected chi connectivity index (χ4v) is 4.56. The molecule has 10 nitrogen and oxygen atoms in total. The molecule has 0 radical (unpaired) electrons. The fourth-order valence-electron chi connectivity index (χ4n) is 3.36. The molecule has 2 amide bonds. The average Bonchev–Trinajstić information content (AvgIpc) is 2.70. The molecule has 4 N–H and O–H groups in total. The van der Waals surface area contributed by atoms with Crippen LogP contribution in [0.2, 0.25) is 0 Å². The molecule has 1 aliphatic heterocycles. The Morgan fingerprint density at radius 1 is 1.10 bits per heavy atom. The van der Waals surface area contributed by atoms with Gasteiger partial charge in [0.15, 0.2) is 6.04 Å². The van der Waals surface area contributed by atoms with Crippen molar-refractivity contribution in [1.29, 1.82) is 0 Å². The maximum atomic E-state index is 12.7. The van der Waals surface area contributed by atoms with E-state index in [0.717, 1.165) is 5.56 Å². The predicted molar refractivity (Wildman–Crippen MR) is 112 cm³/mol. The van der Waals surface area contributed by atoms with Gasteiger partial charge in [0.25, 0.3) is 0 Å². The highest BCUT2D eigenvalue weighted by atomic mass is 32.2. The Bertz CT molecular complexity index is 907. The number of aliphatic carboxylic acids is 1. The number of carboxylic acids is 1. The lowest BCUT2D eigenvalue weighted by Gasteiger charge is -2.33. The van der Waals surface area contributed by atoms with Gasteiger partial charge in [-0.2, -0.15) is 4.72 Å². The van der Waals surface area contributed by atoms with E-state index in [0.29, 0.717) is 12.8 Å². The molecule has 31 heavy (non-hydrogen) atoms. The zero-order valence-electron chi connectivity index (χ0n) is 17.7. The number of aryl methyl sites for hydroxylation is 1. The summed E-state index contributed by atoms with van der Waals surface area (Å²) in [6.07, 6.45) is -0.631. The van der Waals surface area contributed by atoms with Crippen molar-refractivity contribution in [1.82, 2.24) is 14.9 Å². The number of likely N-dealkylation sites (tertiary alicyclic amines) is 1. The number of hydrogen-bond acceptors (Lipinski definition) is 6. The third kappa shape index (κ3) is 6.49. The van der Waals surface area contributed by atoms with Gasteiger partial charge in [-0.3, -0.25) is 9.59 Å². The second kappa shape index (κ2) is 10.2. The smallest absolute Gasteiger partial charge is 0.328 e. The minimum atomic E-state index is -3.85. The Morgan fingerprint density at radius 3 is 2.13 bits per heavy atom. The first kappa shape index (κ1) is 24.8. The van der Waals surface area contributed by atoms with Crippen molar-refractivity contribution in [3.8, 4) is 0 Å². The number of piperidine rings is 1. The van der Waals surface area contributed by atoms with Gasteiger partial charge in [0, 0.05) is 19.0 Å². The van der Waals surface area contributed by atoms with Gasteiger partial charge < -0.3 is 20.4 Å². The van der Waals surface area contributed by atoms with Crippen LogP contribution in [0, 0.1) is 12.8 Å². The van der Waals surface area contributed by atoms with Gasteiger partial charge in [0.1, 0.15) is 0 Å². The molecule has 172 valence electrons. The van der Waals surface area contributed by atoms with E-state index in [1.165, 1.54) is 30.9 Å². The Morgan fingerprint density at radius 2 is 1.65 bits per heavy atom. The van der Waals surface area contributed by atoms with Gasteiger partial charge in [-0.25, -0.2) is 13.2 Å². The molecule has 3 atom stereocenters. The minimum absolute atomic E-state index is 0.0687. The SMILES string of the molecule is Cc1ccc(S(=O)(=O)NC(C)C(=O)N2CCC(C(=O)NC(C(=O)O)C(C)O)CC2)cc1. The first-order valence-electron chi connectivity index (χ1n) is 10.0. The maximum Gasteiger partial charge on any atom is 0.328 e. The average molecular weight is 456 g/mol. The molecule has 0 saturated carbocycles. The zero-order chi connectivity index (χ0) is 23.3. The molecule has 1 heterocycles. The van der Waals surface area contributed by atoms with Crippen molar-refractivity contribution in [3.05, 3.63) is 29.8 Å². The molecule has 1 aromatic carbocycles. The number of aliphatic hydroxyl groups is 1. The quantitative estimate of drug-likeness (QED) is 0.425. The number of aliphatic hydroxyl groups excluding tert-OH is 1. The summed E-state index contributed by atoms with van der Waals surface area (Å²) in [5.41, 5.74) is 0.915. The maximum absolute atomic E-state index is 12.7. The number of carboxylic acid groups (broad SMARTS) is 1. The lowest BCUT2D eigenvalue weighted by molar-refractivity contribution is -0.146. The summed E-state index contributed by atoms with van der Waals surface area (Å²) in [5, 5.41) is 20.9. The topological polar surface area (TPSA) is 153 Å². The third-order valence-corrected chi connectivity index (χ3v) is 6.81. The summed E-state index contributed by atoms with van der Waals surface area (Å²) in [7, 11) is -3.85. The summed E-state index contributed by atoms with van der Waals surface area (Å²) in [4.78, 5) is 37.7. The van der Waals surface area contributed by atoms with E-state index in [4.69, 9.17) is 5.11 Å². The lowest BCUT2D eigenvalue weighted by Crippen LogP contribution is -2.53. The van der Waals surface area contributed by atoms with Crippen LogP contribution in [0.15, 0.2) is 29.2 Å². The minimum Gasteiger partial charge on any atom is -0.480 e. The highest BCUT2D eigenvalue weighted by Gasteiger charge is 2.33. The van der Waals surface area contributed by atoms with Crippen LogP contribution in [-0.2, 0) is 24.4 Å². The van der Waals surface area contributed by atoms with Gasteiger partial charge >= 0.3 is 5.97 Å². The van der Waals surface area contributed by atoms with Crippen molar-refractivity contribution in [2.24, 2.45) is 5.92 Å². The number of rotatable bonds is 8. The number of sulfonamides is 1. The van der Waals surface area contributed by atoms with E-state index < -0.39 is 51.9 Å². The molecule has 0 aliphatic carbocycles. The molecule has 1 aromatic rings. The molecule has 0 bridgehead atoms. The molecule has 11 heteroatoms. The van der Waals surface area contributed by atoms with E-state index in [9.17, 15) is 27.9 Å². The Balaban J connectivity index is 1.91.